The molecule has 1 saturated heterocycles. The minimum absolute atomic E-state index is 0.0706. The average Bonchev–Trinajstić information content (AvgIpc) is 2.85. The average molecular weight is 352 g/mol. The first-order valence-electron chi connectivity index (χ1n) is 9.50. The number of thioether (sulfide) groups is 1. The Hall–Kier alpha value is -0.970. The van der Waals surface area contributed by atoms with Crippen LogP contribution in [0.15, 0.2) is 5.16 Å². The fourth-order valence-corrected chi connectivity index (χ4v) is 4.55. The van der Waals surface area contributed by atoms with Gasteiger partial charge in [-0.05, 0) is 52.9 Å². The lowest BCUT2D eigenvalue weighted by atomic mass is 10.00. The van der Waals surface area contributed by atoms with Gasteiger partial charge in [-0.25, -0.2) is 4.98 Å². The van der Waals surface area contributed by atoms with Crippen LogP contribution < -0.4 is 0 Å². The first kappa shape index (κ1) is 19.4. The minimum atomic E-state index is -0.0706. The van der Waals surface area contributed by atoms with Crippen LogP contribution in [0.5, 0.6) is 0 Å². The van der Waals surface area contributed by atoms with Gasteiger partial charge in [-0.3, -0.25) is 4.79 Å². The van der Waals surface area contributed by atoms with Gasteiger partial charge in [-0.2, -0.15) is 0 Å². The van der Waals surface area contributed by atoms with Crippen LogP contribution in [-0.2, 0) is 11.3 Å². The second-order valence-electron chi connectivity index (χ2n) is 6.92. The number of aromatic nitrogens is 2. The molecular formula is C19H33N3OS. The summed E-state index contributed by atoms with van der Waals surface area (Å²) >= 11 is 1.63. The molecule has 0 spiro atoms. The molecular weight excluding hydrogens is 318 g/mol. The second-order valence-corrected chi connectivity index (χ2v) is 8.23. The summed E-state index contributed by atoms with van der Waals surface area (Å²) in [5.41, 5.74) is 2.31. The lowest BCUT2D eigenvalue weighted by Gasteiger charge is -2.36. The zero-order chi connectivity index (χ0) is 17.7. The largest absolute Gasteiger partial charge is 0.339 e. The maximum Gasteiger partial charge on any atom is 0.236 e. The predicted molar refractivity (Wildman–Crippen MR) is 102 cm³/mol. The summed E-state index contributed by atoms with van der Waals surface area (Å²) in [6.07, 6.45) is 6.93. The Morgan fingerprint density at radius 3 is 2.75 bits per heavy atom. The number of likely N-dealkylation sites (tertiary alicyclic amines) is 1. The van der Waals surface area contributed by atoms with E-state index >= 15 is 0 Å². The van der Waals surface area contributed by atoms with Crippen molar-refractivity contribution in [1.29, 1.82) is 0 Å². The van der Waals surface area contributed by atoms with E-state index in [9.17, 15) is 4.79 Å². The standard InChI is InChI=1S/C19H33N3OS/c1-6-8-12-21-15(4)14(3)20-19(21)24-16(5)18(23)22-13-10-9-11-17(22)7-2/h16-17H,6-13H2,1-5H3. The molecule has 0 bridgehead atoms. The molecule has 0 radical (unpaired) electrons. The number of carbonyl (C=O) groups is 1. The van der Waals surface area contributed by atoms with Gasteiger partial charge in [0.15, 0.2) is 5.16 Å². The molecule has 1 aromatic rings. The number of amides is 1. The van der Waals surface area contributed by atoms with E-state index in [1.165, 1.54) is 18.5 Å². The van der Waals surface area contributed by atoms with E-state index in [1.54, 1.807) is 11.8 Å². The summed E-state index contributed by atoms with van der Waals surface area (Å²) < 4.78 is 2.29. The maximum atomic E-state index is 13.0. The Kier molecular flexibility index (Phi) is 7.20. The molecule has 5 heteroatoms. The van der Waals surface area contributed by atoms with E-state index in [4.69, 9.17) is 4.98 Å². The van der Waals surface area contributed by atoms with Crippen molar-refractivity contribution >= 4 is 17.7 Å². The highest BCUT2D eigenvalue weighted by Gasteiger charge is 2.30. The van der Waals surface area contributed by atoms with Crippen LogP contribution in [0.2, 0.25) is 0 Å². The van der Waals surface area contributed by atoms with E-state index in [-0.39, 0.29) is 11.2 Å². The molecule has 2 heterocycles. The van der Waals surface area contributed by atoms with E-state index in [0.29, 0.717) is 6.04 Å². The van der Waals surface area contributed by atoms with Crippen molar-refractivity contribution in [2.24, 2.45) is 0 Å². The normalized spacial score (nSPS) is 19.5. The summed E-state index contributed by atoms with van der Waals surface area (Å²) in [6, 6.07) is 0.428. The van der Waals surface area contributed by atoms with Crippen molar-refractivity contribution in [3.63, 3.8) is 0 Å². The number of imidazole rings is 1. The number of aryl methyl sites for hydroxylation is 1. The second kappa shape index (κ2) is 8.93. The SMILES string of the molecule is CCCCn1c(SC(C)C(=O)N2CCCCC2CC)nc(C)c1C. The molecule has 0 saturated carbocycles. The fourth-order valence-electron chi connectivity index (χ4n) is 3.45. The molecule has 0 aliphatic carbocycles. The number of piperidine rings is 1. The quantitative estimate of drug-likeness (QED) is 0.675. The van der Waals surface area contributed by atoms with Crippen molar-refractivity contribution in [2.45, 2.75) is 96.1 Å². The van der Waals surface area contributed by atoms with Crippen molar-refractivity contribution in [3.05, 3.63) is 11.4 Å². The Morgan fingerprint density at radius 2 is 2.08 bits per heavy atom. The van der Waals surface area contributed by atoms with Crippen molar-refractivity contribution in [2.75, 3.05) is 6.54 Å². The third kappa shape index (κ3) is 4.35. The van der Waals surface area contributed by atoms with Crippen LogP contribution in [0.1, 0.15) is 70.7 Å². The molecule has 2 unspecified atom stereocenters. The molecule has 2 rings (SSSR count). The monoisotopic (exact) mass is 351 g/mol. The van der Waals surface area contributed by atoms with Crippen LogP contribution in [0.25, 0.3) is 0 Å². The smallest absolute Gasteiger partial charge is 0.236 e. The van der Waals surface area contributed by atoms with E-state index in [1.807, 2.05) is 6.92 Å². The highest BCUT2D eigenvalue weighted by atomic mass is 32.2. The van der Waals surface area contributed by atoms with E-state index in [2.05, 4.69) is 37.2 Å². The third-order valence-electron chi connectivity index (χ3n) is 5.17. The number of rotatable bonds is 7. The summed E-state index contributed by atoms with van der Waals surface area (Å²) in [4.78, 5) is 19.8. The van der Waals surface area contributed by atoms with Gasteiger partial charge in [0.05, 0.1) is 10.9 Å². The highest BCUT2D eigenvalue weighted by Crippen LogP contribution is 2.29. The molecule has 24 heavy (non-hydrogen) atoms. The van der Waals surface area contributed by atoms with E-state index in [0.717, 1.165) is 49.6 Å². The Balaban J connectivity index is 2.09. The molecule has 1 aromatic heterocycles. The summed E-state index contributed by atoms with van der Waals surface area (Å²) in [5.74, 6) is 0.284. The molecule has 0 N–H and O–H groups in total. The summed E-state index contributed by atoms with van der Waals surface area (Å²) in [7, 11) is 0. The van der Waals surface area contributed by atoms with Gasteiger partial charge in [-0.15, -0.1) is 0 Å². The third-order valence-corrected chi connectivity index (χ3v) is 6.25. The molecule has 1 fully saturated rings. The van der Waals surface area contributed by atoms with Crippen LogP contribution in [0.4, 0.5) is 0 Å². The molecule has 0 aromatic carbocycles. The molecule has 1 amide bonds. The predicted octanol–water partition coefficient (Wildman–Crippen LogP) is 4.57. The molecule has 1 aliphatic rings. The molecule has 4 nitrogen and oxygen atoms in total. The first-order valence-corrected chi connectivity index (χ1v) is 10.4. The molecule has 1 aliphatic heterocycles. The van der Waals surface area contributed by atoms with Crippen LogP contribution in [0, 0.1) is 13.8 Å². The zero-order valence-corrected chi connectivity index (χ0v) is 16.8. The number of nitrogens with zero attached hydrogens (tertiary/aromatic N) is 3. The first-order chi connectivity index (χ1) is 11.5. The minimum Gasteiger partial charge on any atom is -0.339 e. The highest BCUT2D eigenvalue weighted by molar-refractivity contribution is 8.00. The fraction of sp³-hybridized carbons (Fsp3) is 0.789. The van der Waals surface area contributed by atoms with Gasteiger partial charge in [0.1, 0.15) is 0 Å². The Morgan fingerprint density at radius 1 is 1.33 bits per heavy atom. The number of hydrogen-bond donors (Lipinski definition) is 0. The van der Waals surface area contributed by atoms with Gasteiger partial charge < -0.3 is 9.47 Å². The Bertz CT molecular complexity index is 555. The van der Waals surface area contributed by atoms with Crippen LogP contribution >= 0.6 is 11.8 Å². The van der Waals surface area contributed by atoms with Crippen LogP contribution in [0.3, 0.4) is 0 Å². The summed E-state index contributed by atoms with van der Waals surface area (Å²) in [6.45, 7) is 12.5. The van der Waals surface area contributed by atoms with Gasteiger partial charge in [0, 0.05) is 24.8 Å². The van der Waals surface area contributed by atoms with Gasteiger partial charge >= 0.3 is 0 Å². The Labute approximate surface area is 151 Å². The number of carbonyl (C=O) groups excluding carboxylic acids is 1. The maximum absolute atomic E-state index is 13.0. The topological polar surface area (TPSA) is 38.1 Å². The van der Waals surface area contributed by atoms with Gasteiger partial charge in [0.2, 0.25) is 5.91 Å². The lowest BCUT2D eigenvalue weighted by molar-refractivity contribution is -0.134. The van der Waals surface area contributed by atoms with E-state index < -0.39 is 0 Å². The zero-order valence-electron chi connectivity index (χ0n) is 16.0. The van der Waals surface area contributed by atoms with Crippen molar-refractivity contribution in [1.82, 2.24) is 14.5 Å². The summed E-state index contributed by atoms with van der Waals surface area (Å²) in [5, 5.41) is 0.933. The van der Waals surface area contributed by atoms with Crippen molar-refractivity contribution < 1.29 is 4.79 Å². The molecule has 136 valence electrons. The van der Waals surface area contributed by atoms with Gasteiger partial charge in [-0.1, -0.05) is 32.0 Å². The lowest BCUT2D eigenvalue weighted by Crippen LogP contribution is -2.46. The van der Waals surface area contributed by atoms with Crippen LogP contribution in [-0.4, -0.2) is 38.2 Å². The van der Waals surface area contributed by atoms with Gasteiger partial charge in [0.25, 0.3) is 0 Å². The molecule has 2 atom stereocenters. The number of unbranched alkanes of at least 4 members (excludes halogenated alkanes) is 1. The number of hydrogen-bond acceptors (Lipinski definition) is 3. The van der Waals surface area contributed by atoms with Crippen molar-refractivity contribution in [3.8, 4) is 0 Å².